The molecule has 0 aliphatic carbocycles. The van der Waals surface area contributed by atoms with Gasteiger partial charge in [-0.2, -0.15) is 13.2 Å². The average Bonchev–Trinajstić information content (AvgIpc) is 2.26. The van der Waals surface area contributed by atoms with Gasteiger partial charge >= 0.3 is 6.18 Å². The van der Waals surface area contributed by atoms with Crippen LogP contribution in [0.4, 0.5) is 17.6 Å². The Morgan fingerprint density at radius 2 is 1.83 bits per heavy atom. The SMILES string of the molecule is CNCC(C)C(C)c1ccc(C(F)(F)F)c(F)c1. The maximum atomic E-state index is 13.4. The summed E-state index contributed by atoms with van der Waals surface area (Å²) in [5.74, 6) is -0.996. The summed E-state index contributed by atoms with van der Waals surface area (Å²) in [5.41, 5.74) is -0.622. The quantitative estimate of drug-likeness (QED) is 0.815. The van der Waals surface area contributed by atoms with Crippen LogP contribution in [0.1, 0.15) is 30.9 Å². The first-order valence-corrected chi connectivity index (χ1v) is 5.78. The van der Waals surface area contributed by atoms with Gasteiger partial charge in [0.05, 0.1) is 5.56 Å². The summed E-state index contributed by atoms with van der Waals surface area (Å²) >= 11 is 0. The van der Waals surface area contributed by atoms with Crippen molar-refractivity contribution < 1.29 is 17.6 Å². The largest absolute Gasteiger partial charge is 0.419 e. The number of hydrogen-bond donors (Lipinski definition) is 1. The summed E-state index contributed by atoms with van der Waals surface area (Å²) in [5, 5.41) is 2.99. The van der Waals surface area contributed by atoms with E-state index in [0.717, 1.165) is 18.7 Å². The molecule has 0 bridgehead atoms. The Bertz CT molecular complexity index is 400. The second-order valence-corrected chi connectivity index (χ2v) is 4.56. The van der Waals surface area contributed by atoms with Gasteiger partial charge in [0.15, 0.2) is 0 Å². The van der Waals surface area contributed by atoms with Crippen molar-refractivity contribution in [3.63, 3.8) is 0 Å². The first kappa shape index (κ1) is 15.0. The lowest BCUT2D eigenvalue weighted by atomic mass is 9.88. The zero-order valence-corrected chi connectivity index (χ0v) is 10.6. The van der Waals surface area contributed by atoms with Crippen molar-refractivity contribution in [3.05, 3.63) is 35.1 Å². The Kier molecular flexibility index (Phi) is 4.73. The number of rotatable bonds is 4. The molecular formula is C13H17F4N. The summed E-state index contributed by atoms with van der Waals surface area (Å²) in [7, 11) is 1.80. The van der Waals surface area contributed by atoms with E-state index in [1.54, 1.807) is 7.05 Å². The fourth-order valence-corrected chi connectivity index (χ4v) is 1.87. The molecule has 0 fully saturated rings. The summed E-state index contributed by atoms with van der Waals surface area (Å²) in [6, 6.07) is 3.15. The van der Waals surface area contributed by atoms with Crippen LogP contribution in [0.5, 0.6) is 0 Å². The monoisotopic (exact) mass is 263 g/mol. The van der Waals surface area contributed by atoms with Gasteiger partial charge in [0.2, 0.25) is 0 Å². The maximum Gasteiger partial charge on any atom is 0.419 e. The van der Waals surface area contributed by atoms with Crippen LogP contribution in [0.3, 0.4) is 0 Å². The Labute approximate surface area is 104 Å². The van der Waals surface area contributed by atoms with E-state index in [4.69, 9.17) is 0 Å². The molecule has 1 aromatic carbocycles. The minimum atomic E-state index is -4.64. The summed E-state index contributed by atoms with van der Waals surface area (Å²) in [6.45, 7) is 4.57. The van der Waals surface area contributed by atoms with Crippen molar-refractivity contribution in [1.29, 1.82) is 0 Å². The molecule has 5 heteroatoms. The Morgan fingerprint density at radius 3 is 2.28 bits per heavy atom. The molecule has 18 heavy (non-hydrogen) atoms. The normalized spacial score (nSPS) is 15.5. The highest BCUT2D eigenvalue weighted by Crippen LogP contribution is 2.33. The average molecular weight is 263 g/mol. The third kappa shape index (κ3) is 3.45. The fraction of sp³-hybridized carbons (Fsp3) is 0.538. The van der Waals surface area contributed by atoms with Crippen LogP contribution in [0.25, 0.3) is 0 Å². The van der Waals surface area contributed by atoms with Crippen LogP contribution in [0.2, 0.25) is 0 Å². The highest BCUT2D eigenvalue weighted by molar-refractivity contribution is 5.28. The minimum absolute atomic E-state index is 0.00534. The molecule has 0 amide bonds. The highest BCUT2D eigenvalue weighted by atomic mass is 19.4. The van der Waals surface area contributed by atoms with Crippen LogP contribution in [0, 0.1) is 11.7 Å². The zero-order chi connectivity index (χ0) is 13.9. The summed E-state index contributed by atoms with van der Waals surface area (Å²) in [4.78, 5) is 0. The van der Waals surface area contributed by atoms with Gasteiger partial charge in [0, 0.05) is 0 Å². The molecule has 0 saturated heterocycles. The predicted octanol–water partition coefficient (Wildman–Crippen LogP) is 3.80. The van der Waals surface area contributed by atoms with Crippen molar-refractivity contribution in [3.8, 4) is 0 Å². The van der Waals surface area contributed by atoms with Gasteiger partial charge in [0.25, 0.3) is 0 Å². The van der Waals surface area contributed by atoms with E-state index in [1.165, 1.54) is 6.07 Å². The van der Waals surface area contributed by atoms with Crippen molar-refractivity contribution in [2.24, 2.45) is 5.92 Å². The molecule has 102 valence electrons. The third-order valence-electron chi connectivity index (χ3n) is 3.20. The molecule has 0 radical (unpaired) electrons. The molecule has 1 rings (SSSR count). The van der Waals surface area contributed by atoms with Crippen molar-refractivity contribution >= 4 is 0 Å². The van der Waals surface area contributed by atoms with E-state index in [2.05, 4.69) is 5.32 Å². The molecule has 0 spiro atoms. The number of halogens is 4. The first-order chi connectivity index (χ1) is 8.27. The van der Waals surface area contributed by atoms with Crippen molar-refractivity contribution in [2.75, 3.05) is 13.6 Å². The topological polar surface area (TPSA) is 12.0 Å². The van der Waals surface area contributed by atoms with Gasteiger partial charge in [-0.1, -0.05) is 19.9 Å². The molecule has 0 aliphatic heterocycles. The maximum absolute atomic E-state index is 13.4. The van der Waals surface area contributed by atoms with Crippen LogP contribution in [-0.4, -0.2) is 13.6 Å². The number of alkyl halides is 3. The molecule has 0 aliphatic rings. The van der Waals surface area contributed by atoms with Crippen LogP contribution < -0.4 is 5.32 Å². The van der Waals surface area contributed by atoms with Gasteiger partial charge in [-0.05, 0) is 43.1 Å². The van der Waals surface area contributed by atoms with Crippen LogP contribution in [0.15, 0.2) is 18.2 Å². The lowest BCUT2D eigenvalue weighted by Crippen LogP contribution is -2.21. The highest BCUT2D eigenvalue weighted by Gasteiger charge is 2.34. The van der Waals surface area contributed by atoms with Gasteiger partial charge < -0.3 is 5.32 Å². The molecule has 0 saturated carbocycles. The van der Waals surface area contributed by atoms with Crippen molar-refractivity contribution in [1.82, 2.24) is 5.32 Å². The van der Waals surface area contributed by atoms with Crippen LogP contribution in [-0.2, 0) is 6.18 Å². The van der Waals surface area contributed by atoms with Gasteiger partial charge in [-0.3, -0.25) is 0 Å². The predicted molar refractivity (Wildman–Crippen MR) is 62.9 cm³/mol. The first-order valence-electron chi connectivity index (χ1n) is 5.78. The standard InChI is InChI=1S/C13H17F4N/c1-8(7-18-3)9(2)10-4-5-11(12(14)6-10)13(15,16)17/h4-6,8-9,18H,7H2,1-3H3. The second-order valence-electron chi connectivity index (χ2n) is 4.56. The number of nitrogens with one attached hydrogen (secondary N) is 1. The summed E-state index contributed by atoms with van der Waals surface area (Å²) < 4.78 is 50.7. The van der Waals surface area contributed by atoms with Gasteiger partial charge in [-0.25, -0.2) is 4.39 Å². The van der Waals surface area contributed by atoms with E-state index in [9.17, 15) is 17.6 Å². The smallest absolute Gasteiger partial charge is 0.319 e. The number of hydrogen-bond acceptors (Lipinski definition) is 1. The van der Waals surface area contributed by atoms with E-state index in [1.807, 2.05) is 13.8 Å². The van der Waals surface area contributed by atoms with E-state index >= 15 is 0 Å². The van der Waals surface area contributed by atoms with E-state index < -0.39 is 17.6 Å². The van der Waals surface area contributed by atoms with Gasteiger partial charge in [-0.15, -0.1) is 0 Å². The molecule has 2 unspecified atom stereocenters. The molecule has 1 aromatic rings. The second kappa shape index (κ2) is 5.69. The molecule has 1 N–H and O–H groups in total. The Balaban J connectivity index is 2.97. The molecule has 1 nitrogen and oxygen atoms in total. The molecular weight excluding hydrogens is 246 g/mol. The lowest BCUT2D eigenvalue weighted by molar-refractivity contribution is -0.140. The van der Waals surface area contributed by atoms with E-state index in [-0.39, 0.29) is 11.8 Å². The minimum Gasteiger partial charge on any atom is -0.319 e. The summed E-state index contributed by atoms with van der Waals surface area (Å²) in [6.07, 6.45) is -4.64. The van der Waals surface area contributed by atoms with Crippen molar-refractivity contribution in [2.45, 2.75) is 25.9 Å². The Hall–Kier alpha value is -1.10. The third-order valence-corrected chi connectivity index (χ3v) is 3.20. The lowest BCUT2D eigenvalue weighted by Gasteiger charge is -2.20. The Morgan fingerprint density at radius 1 is 1.22 bits per heavy atom. The van der Waals surface area contributed by atoms with E-state index in [0.29, 0.717) is 5.56 Å². The van der Waals surface area contributed by atoms with Gasteiger partial charge in [0.1, 0.15) is 5.82 Å². The molecule has 2 atom stereocenters. The fourth-order valence-electron chi connectivity index (χ4n) is 1.87. The number of benzene rings is 1. The molecule has 0 heterocycles. The zero-order valence-electron chi connectivity index (χ0n) is 10.6. The van der Waals surface area contributed by atoms with Crippen LogP contribution >= 0.6 is 0 Å². The molecule has 0 aromatic heterocycles.